The van der Waals surface area contributed by atoms with Gasteiger partial charge in [0.2, 0.25) is 0 Å². The van der Waals surface area contributed by atoms with Gasteiger partial charge in [-0.3, -0.25) is 14.4 Å². The minimum atomic E-state index is -1.92. The number of rotatable bonds is 51. The third kappa shape index (κ3) is 43.8. The Morgan fingerprint density at radius 3 is 1.22 bits per heavy atom. The molecule has 3 N–H and O–H groups in total. The Balaban J connectivity index is 2.70. The number of hydrogen-bond donors (Lipinski definition) is 3. The number of hydrogen-bond acceptors (Lipinski definition) is 11. The molecular weight excluding hydrogens is 997 g/mol. The van der Waals surface area contributed by atoms with Crippen molar-refractivity contribution in [3.63, 3.8) is 0 Å². The lowest BCUT2D eigenvalue weighted by molar-refractivity contribution is -0.301. The lowest BCUT2D eigenvalue weighted by atomic mass is 9.98. The normalized spacial score (nSPS) is 18.6. The Labute approximate surface area is 478 Å². The van der Waals surface area contributed by atoms with Crippen LogP contribution < -0.4 is 0 Å². The first-order valence-electron chi connectivity index (χ1n) is 30.9. The van der Waals surface area contributed by atoms with Crippen molar-refractivity contribution in [3.8, 4) is 0 Å². The van der Waals surface area contributed by atoms with E-state index in [-0.39, 0.29) is 25.9 Å². The van der Waals surface area contributed by atoms with Crippen molar-refractivity contribution in [3.05, 3.63) is 109 Å². The Morgan fingerprint density at radius 2 is 0.797 bits per heavy atom. The predicted molar refractivity (Wildman–Crippen MR) is 321 cm³/mol. The number of carbonyl (C=O) groups is 4. The van der Waals surface area contributed by atoms with Crippen molar-refractivity contribution in [1.82, 2.24) is 0 Å². The van der Waals surface area contributed by atoms with Crippen molar-refractivity contribution in [1.29, 1.82) is 0 Å². The second-order valence-corrected chi connectivity index (χ2v) is 20.6. The summed E-state index contributed by atoms with van der Waals surface area (Å²) in [7, 11) is 0. The van der Waals surface area contributed by atoms with E-state index in [9.17, 15) is 34.5 Å². The van der Waals surface area contributed by atoms with E-state index in [4.69, 9.17) is 23.7 Å². The highest BCUT2D eigenvalue weighted by Crippen LogP contribution is 2.26. The number of aliphatic hydroxyl groups is 2. The maximum absolute atomic E-state index is 13.2. The summed E-state index contributed by atoms with van der Waals surface area (Å²) < 4.78 is 28.4. The van der Waals surface area contributed by atoms with Gasteiger partial charge in [0.05, 0.1) is 6.61 Å². The van der Waals surface area contributed by atoms with Crippen LogP contribution in [0.3, 0.4) is 0 Å². The van der Waals surface area contributed by atoms with E-state index in [2.05, 4.69) is 130 Å². The number of carbonyl (C=O) groups excluding carboxylic acids is 3. The molecule has 0 aliphatic carbocycles. The molecule has 0 radical (unpaired) electrons. The second kappa shape index (κ2) is 54.0. The van der Waals surface area contributed by atoms with Crippen LogP contribution in [0.4, 0.5) is 0 Å². The Bertz CT molecular complexity index is 1790. The number of carboxylic acids is 1. The molecule has 1 aliphatic heterocycles. The van der Waals surface area contributed by atoms with Gasteiger partial charge in [0, 0.05) is 19.3 Å². The fourth-order valence-corrected chi connectivity index (χ4v) is 8.64. The van der Waals surface area contributed by atoms with E-state index in [1.54, 1.807) is 0 Å². The van der Waals surface area contributed by atoms with Crippen molar-refractivity contribution in [2.45, 2.75) is 276 Å². The SMILES string of the molecule is CC/C=C\C/C=C\C/C=C\C/C=C\CCCCCCCCC(=O)OC1C(OCC(COC(=O)CCCCCCC/C=C\C/C=C\C/C=C\CC)OC(=O)CCCCCCC/C=C\C/C=C\CCCCC)OC(C(=O)O)C(O)C1O. The lowest BCUT2D eigenvalue weighted by Gasteiger charge is -2.40. The van der Waals surface area contributed by atoms with Crippen LogP contribution >= 0.6 is 0 Å². The monoisotopic (exact) mass is 1100 g/mol. The molecule has 1 heterocycles. The highest BCUT2D eigenvalue weighted by molar-refractivity contribution is 5.74. The van der Waals surface area contributed by atoms with E-state index in [0.717, 1.165) is 161 Å². The third-order valence-electron chi connectivity index (χ3n) is 13.3. The first-order valence-corrected chi connectivity index (χ1v) is 30.9. The smallest absolute Gasteiger partial charge is 0.335 e. The standard InChI is InChI=1S/C67H108O12/c1-4-7-10-13-16-19-22-25-28-29-30-31-34-37-40-43-46-49-52-55-61(70)78-65-63(72)62(71)64(66(73)74)79-67(65)76-57-58(77-60(69)54-51-48-45-42-39-36-33-27-24-21-18-15-12-9-6-3)56-75-59(68)53-50-47-44-41-38-35-32-26-23-20-17-14-11-8-5-2/h7-8,10-11,16-21,25-28,30-33,58,62-65,67,71-72H,4-6,9,12-15,22-24,29,34-57H2,1-3H3,(H,73,74)/b10-7-,11-8-,19-16-,20-17-,21-18-,28-25-,31-30-,32-26-,33-27-. The molecule has 0 spiro atoms. The number of allylic oxidation sites excluding steroid dienone is 18. The van der Waals surface area contributed by atoms with Crippen LogP contribution in [0, 0.1) is 0 Å². The molecule has 448 valence electrons. The predicted octanol–water partition coefficient (Wildman–Crippen LogP) is 16.2. The molecule has 6 unspecified atom stereocenters. The van der Waals surface area contributed by atoms with Gasteiger partial charge in [0.15, 0.2) is 24.6 Å². The summed E-state index contributed by atoms with van der Waals surface area (Å²) in [6.07, 6.45) is 60.4. The largest absolute Gasteiger partial charge is 0.479 e. The highest BCUT2D eigenvalue weighted by Gasteiger charge is 2.50. The zero-order chi connectivity index (χ0) is 57.5. The van der Waals surface area contributed by atoms with Gasteiger partial charge in [0.1, 0.15) is 18.8 Å². The van der Waals surface area contributed by atoms with E-state index in [0.29, 0.717) is 19.3 Å². The molecule has 0 aromatic heterocycles. The van der Waals surface area contributed by atoms with Gasteiger partial charge in [-0.1, -0.05) is 207 Å². The number of ether oxygens (including phenoxy) is 5. The van der Waals surface area contributed by atoms with Gasteiger partial charge in [0.25, 0.3) is 0 Å². The molecule has 12 heteroatoms. The number of esters is 3. The number of aliphatic carboxylic acids is 1. The first-order chi connectivity index (χ1) is 38.6. The van der Waals surface area contributed by atoms with Crippen molar-refractivity contribution in [2.75, 3.05) is 13.2 Å². The second-order valence-electron chi connectivity index (χ2n) is 20.6. The highest BCUT2D eigenvalue weighted by atomic mass is 16.7. The average molecular weight is 1110 g/mol. The van der Waals surface area contributed by atoms with Crippen LogP contribution in [0.5, 0.6) is 0 Å². The molecule has 12 nitrogen and oxygen atoms in total. The molecule has 6 atom stereocenters. The van der Waals surface area contributed by atoms with Gasteiger partial charge in [-0.2, -0.15) is 0 Å². The quantitative estimate of drug-likeness (QED) is 0.0228. The molecular formula is C67H108O12. The van der Waals surface area contributed by atoms with Crippen LogP contribution in [0.25, 0.3) is 0 Å². The van der Waals surface area contributed by atoms with Crippen LogP contribution in [0.2, 0.25) is 0 Å². The van der Waals surface area contributed by atoms with E-state index in [1.807, 2.05) is 0 Å². The van der Waals surface area contributed by atoms with Crippen molar-refractivity contribution < 1.29 is 58.2 Å². The molecule has 0 saturated carbocycles. The third-order valence-corrected chi connectivity index (χ3v) is 13.3. The van der Waals surface area contributed by atoms with Crippen molar-refractivity contribution >= 4 is 23.9 Å². The van der Waals surface area contributed by atoms with Gasteiger partial charge < -0.3 is 39.0 Å². The molecule has 1 rings (SSSR count). The van der Waals surface area contributed by atoms with E-state index < -0.39 is 67.3 Å². The topological polar surface area (TPSA) is 175 Å². The summed E-state index contributed by atoms with van der Waals surface area (Å²) in [4.78, 5) is 51.2. The summed E-state index contributed by atoms with van der Waals surface area (Å²) >= 11 is 0. The van der Waals surface area contributed by atoms with Crippen LogP contribution in [-0.2, 0) is 42.9 Å². The molecule has 1 fully saturated rings. The lowest BCUT2D eigenvalue weighted by Crippen LogP contribution is -2.61. The maximum Gasteiger partial charge on any atom is 0.335 e. The molecule has 1 aliphatic rings. The van der Waals surface area contributed by atoms with Crippen LogP contribution in [0.1, 0.15) is 239 Å². The van der Waals surface area contributed by atoms with E-state index in [1.165, 1.54) is 19.3 Å². The summed E-state index contributed by atoms with van der Waals surface area (Å²) in [5.74, 6) is -3.19. The molecule has 1 saturated heterocycles. The van der Waals surface area contributed by atoms with Gasteiger partial charge in [-0.25, -0.2) is 4.79 Å². The van der Waals surface area contributed by atoms with Gasteiger partial charge in [-0.15, -0.1) is 0 Å². The fourth-order valence-electron chi connectivity index (χ4n) is 8.64. The van der Waals surface area contributed by atoms with Crippen molar-refractivity contribution in [2.24, 2.45) is 0 Å². The number of carboxylic acid groups (broad SMARTS) is 1. The average Bonchev–Trinajstić information content (AvgIpc) is 3.44. The molecule has 0 aromatic carbocycles. The molecule has 0 bridgehead atoms. The minimum absolute atomic E-state index is 0.0356. The first kappa shape index (κ1) is 72.4. The Morgan fingerprint density at radius 1 is 0.430 bits per heavy atom. The molecule has 0 amide bonds. The molecule has 0 aromatic rings. The van der Waals surface area contributed by atoms with Crippen LogP contribution in [0.15, 0.2) is 109 Å². The van der Waals surface area contributed by atoms with Gasteiger partial charge >= 0.3 is 23.9 Å². The summed E-state index contributed by atoms with van der Waals surface area (Å²) in [6.45, 7) is 5.71. The zero-order valence-corrected chi connectivity index (χ0v) is 49.3. The summed E-state index contributed by atoms with van der Waals surface area (Å²) in [6, 6.07) is 0. The number of aliphatic hydroxyl groups excluding tert-OH is 2. The Kier molecular flexibility index (Phi) is 49.5. The van der Waals surface area contributed by atoms with E-state index >= 15 is 0 Å². The van der Waals surface area contributed by atoms with Crippen LogP contribution in [-0.4, -0.2) is 89.2 Å². The summed E-state index contributed by atoms with van der Waals surface area (Å²) in [5.41, 5.74) is 0. The zero-order valence-electron chi connectivity index (χ0n) is 49.3. The maximum atomic E-state index is 13.2. The summed E-state index contributed by atoms with van der Waals surface area (Å²) in [5, 5.41) is 31.6. The Hall–Kier alpha value is -4.62. The fraction of sp³-hybridized carbons (Fsp3) is 0.672. The van der Waals surface area contributed by atoms with Gasteiger partial charge in [-0.05, 0) is 122 Å². The number of unbranched alkanes of at least 4 members (excludes halogenated alkanes) is 19. The molecule has 79 heavy (non-hydrogen) atoms. The minimum Gasteiger partial charge on any atom is -0.479 e.